The first-order valence-corrected chi connectivity index (χ1v) is 12.5. The zero-order valence-corrected chi connectivity index (χ0v) is 21.9. The minimum absolute atomic E-state index is 0.117. The number of ether oxygens (including phenoxy) is 1. The number of carbonyl (C=O) groups excluding carboxylic acids is 1. The maximum Gasteiger partial charge on any atom is 0.308 e. The molecule has 1 aliphatic rings. The van der Waals surface area contributed by atoms with Crippen molar-refractivity contribution in [3.05, 3.63) is 63.0 Å². The molecule has 0 amide bonds. The summed E-state index contributed by atoms with van der Waals surface area (Å²) < 4.78 is 7.56. The highest BCUT2D eigenvalue weighted by atomic mass is 32.1. The largest absolute Gasteiger partial charge is 0.464 e. The summed E-state index contributed by atoms with van der Waals surface area (Å²) in [4.78, 5) is 21.1. The Morgan fingerprint density at radius 3 is 2.50 bits per heavy atom. The van der Waals surface area contributed by atoms with Gasteiger partial charge in [0.15, 0.2) is 5.82 Å². The average molecular weight is 480 g/mol. The summed E-state index contributed by atoms with van der Waals surface area (Å²) in [5, 5.41) is 9.86. The van der Waals surface area contributed by atoms with E-state index in [0.29, 0.717) is 24.9 Å². The van der Waals surface area contributed by atoms with Gasteiger partial charge in [0.05, 0.1) is 12.1 Å². The highest BCUT2D eigenvalue weighted by Crippen LogP contribution is 2.39. The molecule has 1 atom stereocenters. The summed E-state index contributed by atoms with van der Waals surface area (Å²) in [6.07, 6.45) is 0.117. The third-order valence-electron chi connectivity index (χ3n) is 6.25. The zero-order chi connectivity index (χ0) is 24.6. The Labute approximate surface area is 205 Å². The number of aromatic nitrogens is 3. The Bertz CT molecular complexity index is 1220. The molecule has 0 fully saturated rings. The first-order chi connectivity index (χ1) is 16.2. The number of likely N-dealkylation sites (N-methyl/N-ethyl adjacent to an activating group) is 1. The number of esters is 1. The first-order valence-electron chi connectivity index (χ1n) is 11.7. The van der Waals surface area contributed by atoms with Gasteiger partial charge < -0.3 is 9.64 Å². The highest BCUT2D eigenvalue weighted by molar-refractivity contribution is 7.15. The molecule has 0 spiro atoms. The van der Waals surface area contributed by atoms with Crippen LogP contribution in [0.4, 0.5) is 0 Å². The van der Waals surface area contributed by atoms with E-state index in [4.69, 9.17) is 9.73 Å². The minimum Gasteiger partial charge on any atom is -0.464 e. The minimum atomic E-state index is -0.480. The lowest BCUT2D eigenvalue weighted by atomic mass is 9.96. The number of thiophene rings is 1. The van der Waals surface area contributed by atoms with Crippen LogP contribution in [0.25, 0.3) is 5.00 Å². The number of benzene rings is 1. The fraction of sp³-hybridized carbons (Fsp3) is 0.462. The lowest BCUT2D eigenvalue weighted by Gasteiger charge is -2.14. The molecule has 2 aromatic heterocycles. The van der Waals surface area contributed by atoms with E-state index in [2.05, 4.69) is 66.7 Å². The van der Waals surface area contributed by atoms with Crippen molar-refractivity contribution < 1.29 is 9.53 Å². The van der Waals surface area contributed by atoms with Crippen LogP contribution in [0.5, 0.6) is 0 Å². The van der Waals surface area contributed by atoms with Gasteiger partial charge in [-0.25, -0.2) is 0 Å². The summed E-state index contributed by atoms with van der Waals surface area (Å²) in [6.45, 7) is 11.6. The van der Waals surface area contributed by atoms with E-state index in [-0.39, 0.29) is 12.4 Å². The number of rotatable bonds is 7. The molecule has 1 aliphatic heterocycles. The molecule has 0 aliphatic carbocycles. The highest BCUT2D eigenvalue weighted by Gasteiger charge is 2.32. The number of fused-ring (bicyclic) bond motifs is 3. The molecule has 180 valence electrons. The van der Waals surface area contributed by atoms with Crippen molar-refractivity contribution in [3.8, 4) is 5.00 Å². The molecule has 8 heteroatoms. The molecule has 0 bridgehead atoms. The van der Waals surface area contributed by atoms with Gasteiger partial charge >= 0.3 is 5.97 Å². The number of aryl methyl sites for hydroxylation is 2. The van der Waals surface area contributed by atoms with Crippen LogP contribution in [0.2, 0.25) is 0 Å². The summed E-state index contributed by atoms with van der Waals surface area (Å²) in [5.41, 5.74) is 5.50. The second-order valence-corrected chi connectivity index (χ2v) is 10.6. The third-order valence-corrected chi connectivity index (χ3v) is 7.44. The molecule has 7 nitrogen and oxygen atoms in total. The maximum absolute atomic E-state index is 12.8. The quantitative estimate of drug-likeness (QED) is 0.457. The predicted molar refractivity (Wildman–Crippen MR) is 136 cm³/mol. The standard InChI is InChI=1S/C26H33N5O2S/c1-15(2)19-8-10-20(11-9-19)24-23-16(3)17(4)34-26(23)31-18(5)28-29-25(31)21(27-24)14-22(32)33-13-12-30(6)7/h8-11,15,21H,12-14H2,1-7H3/t21-/m0/s1. The second kappa shape index (κ2) is 9.80. The Balaban J connectivity index is 1.80. The number of carbonyl (C=O) groups is 1. The van der Waals surface area contributed by atoms with Crippen molar-refractivity contribution in [3.63, 3.8) is 0 Å². The van der Waals surface area contributed by atoms with Crippen LogP contribution in [0, 0.1) is 20.8 Å². The van der Waals surface area contributed by atoms with E-state index in [1.165, 1.54) is 16.0 Å². The van der Waals surface area contributed by atoms with Gasteiger partial charge in [0, 0.05) is 22.5 Å². The molecule has 3 heterocycles. The number of hydrogen-bond acceptors (Lipinski definition) is 7. The van der Waals surface area contributed by atoms with E-state index in [9.17, 15) is 4.79 Å². The van der Waals surface area contributed by atoms with Crippen LogP contribution in [-0.2, 0) is 9.53 Å². The van der Waals surface area contributed by atoms with Gasteiger partial charge in [0.1, 0.15) is 23.5 Å². The van der Waals surface area contributed by atoms with Gasteiger partial charge in [-0.15, -0.1) is 21.5 Å². The van der Waals surface area contributed by atoms with Crippen molar-refractivity contribution in [2.24, 2.45) is 4.99 Å². The van der Waals surface area contributed by atoms with E-state index >= 15 is 0 Å². The molecule has 3 aromatic rings. The van der Waals surface area contributed by atoms with Crippen LogP contribution in [0.15, 0.2) is 29.3 Å². The maximum atomic E-state index is 12.8. The first kappa shape index (κ1) is 24.3. The average Bonchev–Trinajstić information content (AvgIpc) is 3.26. The monoisotopic (exact) mass is 479 g/mol. The van der Waals surface area contributed by atoms with Gasteiger partial charge in [0.2, 0.25) is 0 Å². The third kappa shape index (κ3) is 4.70. The number of nitrogens with zero attached hydrogens (tertiary/aromatic N) is 5. The van der Waals surface area contributed by atoms with Crippen LogP contribution < -0.4 is 0 Å². The van der Waals surface area contributed by atoms with Crippen LogP contribution >= 0.6 is 11.3 Å². The molecule has 34 heavy (non-hydrogen) atoms. The Morgan fingerprint density at radius 2 is 1.85 bits per heavy atom. The van der Waals surface area contributed by atoms with E-state index < -0.39 is 6.04 Å². The topological polar surface area (TPSA) is 72.6 Å². The lowest BCUT2D eigenvalue weighted by Crippen LogP contribution is -2.21. The zero-order valence-electron chi connectivity index (χ0n) is 21.0. The predicted octanol–water partition coefficient (Wildman–Crippen LogP) is 4.76. The van der Waals surface area contributed by atoms with Crippen LogP contribution in [0.1, 0.15) is 71.0 Å². The molecular formula is C26H33N5O2S. The summed E-state index contributed by atoms with van der Waals surface area (Å²) in [7, 11) is 3.91. The molecule has 4 rings (SSSR count). The van der Waals surface area contributed by atoms with Gasteiger partial charge in [-0.3, -0.25) is 14.4 Å². The van der Waals surface area contributed by atoms with Gasteiger partial charge in [-0.05, 0) is 51.9 Å². The SMILES string of the molecule is Cc1sc2c(c1C)C(c1ccc(C(C)C)cc1)=N[C@@H](CC(=O)OCCN(C)C)c1nnc(C)n1-2. The van der Waals surface area contributed by atoms with E-state index in [0.717, 1.165) is 27.7 Å². The van der Waals surface area contributed by atoms with Crippen LogP contribution in [0.3, 0.4) is 0 Å². The van der Waals surface area contributed by atoms with Crippen molar-refractivity contribution >= 4 is 23.0 Å². The summed E-state index contributed by atoms with van der Waals surface area (Å²) in [5.74, 6) is 1.64. The molecule has 0 saturated carbocycles. The van der Waals surface area contributed by atoms with Crippen molar-refractivity contribution in [1.82, 2.24) is 19.7 Å². The summed E-state index contributed by atoms with van der Waals surface area (Å²) in [6, 6.07) is 8.12. The fourth-order valence-corrected chi connectivity index (χ4v) is 5.32. The molecule has 0 N–H and O–H groups in total. The van der Waals surface area contributed by atoms with Crippen LogP contribution in [-0.4, -0.2) is 58.6 Å². The Morgan fingerprint density at radius 1 is 1.15 bits per heavy atom. The second-order valence-electron chi connectivity index (χ2n) is 9.40. The van der Waals surface area contributed by atoms with E-state index in [1.54, 1.807) is 11.3 Å². The molecule has 0 saturated heterocycles. The van der Waals surface area contributed by atoms with Gasteiger partial charge in [-0.2, -0.15) is 0 Å². The number of aliphatic imine (C=N–C) groups is 1. The summed E-state index contributed by atoms with van der Waals surface area (Å²) >= 11 is 1.72. The van der Waals surface area contributed by atoms with Crippen molar-refractivity contribution in [2.75, 3.05) is 27.2 Å². The van der Waals surface area contributed by atoms with Crippen molar-refractivity contribution in [1.29, 1.82) is 0 Å². The fourth-order valence-electron chi connectivity index (χ4n) is 4.11. The molecule has 0 unspecified atom stereocenters. The Kier molecular flexibility index (Phi) is 7.00. The molecule has 0 radical (unpaired) electrons. The molecule has 1 aromatic carbocycles. The smallest absolute Gasteiger partial charge is 0.308 e. The lowest BCUT2D eigenvalue weighted by molar-refractivity contribution is -0.144. The Hall–Kier alpha value is -2.84. The normalized spacial score (nSPS) is 15.2. The molecular weight excluding hydrogens is 446 g/mol. The number of hydrogen-bond donors (Lipinski definition) is 0. The van der Waals surface area contributed by atoms with Gasteiger partial charge in [0.25, 0.3) is 0 Å². The van der Waals surface area contributed by atoms with Gasteiger partial charge in [-0.1, -0.05) is 38.1 Å². The van der Waals surface area contributed by atoms with E-state index in [1.807, 2.05) is 25.9 Å². The van der Waals surface area contributed by atoms with Crippen molar-refractivity contribution in [2.45, 2.75) is 53.0 Å².